The second-order valence-corrected chi connectivity index (χ2v) is 5.91. The summed E-state index contributed by atoms with van der Waals surface area (Å²) in [6.07, 6.45) is 7.38. The zero-order valence-corrected chi connectivity index (χ0v) is 11.7. The van der Waals surface area contributed by atoms with Crippen LogP contribution in [0.3, 0.4) is 0 Å². The first kappa shape index (κ1) is 15.4. The van der Waals surface area contributed by atoms with Gasteiger partial charge < -0.3 is 5.11 Å². The molecule has 0 aromatic rings. The van der Waals surface area contributed by atoms with E-state index < -0.39 is 5.60 Å². The fourth-order valence-electron chi connectivity index (χ4n) is 2.46. The molecule has 0 heterocycles. The minimum atomic E-state index is -0.634. The van der Waals surface area contributed by atoms with Crippen LogP contribution in [0.5, 0.6) is 0 Å². The molecule has 104 valence electrons. The van der Waals surface area contributed by atoms with Crippen molar-refractivity contribution in [3.8, 4) is 0 Å². The van der Waals surface area contributed by atoms with E-state index in [1.807, 2.05) is 19.9 Å². The van der Waals surface area contributed by atoms with Gasteiger partial charge in [-0.1, -0.05) is 25.7 Å². The second kappa shape index (κ2) is 6.50. The molecule has 0 spiro atoms. The van der Waals surface area contributed by atoms with E-state index in [0.717, 1.165) is 31.3 Å². The first-order chi connectivity index (χ1) is 8.35. The quantitative estimate of drug-likeness (QED) is 0.433. The van der Waals surface area contributed by atoms with Gasteiger partial charge in [0, 0.05) is 0 Å². The van der Waals surface area contributed by atoms with E-state index in [1.54, 1.807) is 0 Å². The standard InChI is InChI=1S/C15H26O3/c1-11(2)14(18-17)6-5-12(3)13-7-9-15(4,16)10-8-13/h7,9,12-14,16-17H,1,5-6,8,10H2,2-4H3/t12-,13+,14+,15+/m0/s1. The van der Waals surface area contributed by atoms with Crippen molar-refractivity contribution in [1.29, 1.82) is 0 Å². The van der Waals surface area contributed by atoms with Crippen LogP contribution in [0, 0.1) is 11.8 Å². The Morgan fingerprint density at radius 2 is 2.22 bits per heavy atom. The monoisotopic (exact) mass is 254 g/mol. The number of aliphatic hydroxyl groups is 1. The Balaban J connectivity index is 2.42. The van der Waals surface area contributed by atoms with Crippen LogP contribution < -0.4 is 0 Å². The SMILES string of the molecule is C=C(C)[C@@H](CC[C@H](C)[C@@H]1C=C[C@@](C)(O)CC1)OO. The number of hydrogen-bond donors (Lipinski definition) is 2. The predicted octanol–water partition coefficient (Wildman–Crippen LogP) is 3.55. The lowest BCUT2D eigenvalue weighted by Gasteiger charge is -2.31. The van der Waals surface area contributed by atoms with Crippen molar-refractivity contribution < 1.29 is 15.3 Å². The molecule has 2 N–H and O–H groups in total. The third-order valence-corrected chi connectivity index (χ3v) is 3.98. The zero-order chi connectivity index (χ0) is 13.8. The molecule has 0 bridgehead atoms. The highest BCUT2D eigenvalue weighted by molar-refractivity contribution is 5.06. The summed E-state index contributed by atoms with van der Waals surface area (Å²) in [7, 11) is 0. The summed E-state index contributed by atoms with van der Waals surface area (Å²) in [5.41, 5.74) is 0.219. The van der Waals surface area contributed by atoms with Gasteiger partial charge in [0.2, 0.25) is 0 Å². The van der Waals surface area contributed by atoms with Crippen LogP contribution in [0.4, 0.5) is 0 Å². The maximum atomic E-state index is 9.85. The molecule has 3 heteroatoms. The van der Waals surface area contributed by atoms with E-state index in [9.17, 15) is 5.11 Å². The van der Waals surface area contributed by atoms with Gasteiger partial charge in [0.1, 0.15) is 6.10 Å². The Bertz CT molecular complexity index is 307. The number of allylic oxidation sites excluding steroid dienone is 1. The van der Waals surface area contributed by atoms with Crippen molar-refractivity contribution in [2.45, 2.75) is 58.2 Å². The molecule has 0 saturated heterocycles. The average Bonchev–Trinajstić information content (AvgIpc) is 2.29. The Morgan fingerprint density at radius 3 is 2.67 bits per heavy atom. The first-order valence-electron chi connectivity index (χ1n) is 6.73. The van der Waals surface area contributed by atoms with E-state index in [2.05, 4.69) is 24.5 Å². The third-order valence-electron chi connectivity index (χ3n) is 3.98. The molecule has 0 aliphatic heterocycles. The molecule has 0 amide bonds. The van der Waals surface area contributed by atoms with Crippen molar-refractivity contribution in [2.75, 3.05) is 0 Å². The van der Waals surface area contributed by atoms with Crippen LogP contribution in [0.15, 0.2) is 24.3 Å². The van der Waals surface area contributed by atoms with Gasteiger partial charge in [0.05, 0.1) is 5.60 Å². The van der Waals surface area contributed by atoms with Gasteiger partial charge in [-0.2, -0.15) is 0 Å². The summed E-state index contributed by atoms with van der Waals surface area (Å²) in [6.45, 7) is 9.73. The van der Waals surface area contributed by atoms with E-state index >= 15 is 0 Å². The van der Waals surface area contributed by atoms with E-state index in [0.29, 0.717) is 11.8 Å². The van der Waals surface area contributed by atoms with Crippen LogP contribution in [0.2, 0.25) is 0 Å². The molecule has 0 aromatic heterocycles. The van der Waals surface area contributed by atoms with Crippen LogP contribution in [0.1, 0.15) is 46.5 Å². The number of hydrogen-bond acceptors (Lipinski definition) is 3. The summed E-state index contributed by atoms with van der Waals surface area (Å²) in [4.78, 5) is 4.43. The highest BCUT2D eigenvalue weighted by atomic mass is 17.1. The Hall–Kier alpha value is -0.640. The molecule has 18 heavy (non-hydrogen) atoms. The van der Waals surface area contributed by atoms with Crippen LogP contribution in [-0.2, 0) is 4.89 Å². The van der Waals surface area contributed by atoms with Crippen molar-refractivity contribution in [2.24, 2.45) is 11.8 Å². The van der Waals surface area contributed by atoms with Crippen molar-refractivity contribution in [1.82, 2.24) is 0 Å². The molecule has 0 radical (unpaired) electrons. The molecule has 1 aliphatic rings. The normalized spacial score (nSPS) is 31.1. The largest absolute Gasteiger partial charge is 0.386 e. The zero-order valence-electron chi connectivity index (χ0n) is 11.7. The molecular formula is C15H26O3. The average molecular weight is 254 g/mol. The van der Waals surface area contributed by atoms with Crippen LogP contribution >= 0.6 is 0 Å². The molecule has 1 aliphatic carbocycles. The molecular weight excluding hydrogens is 228 g/mol. The topological polar surface area (TPSA) is 49.7 Å². The summed E-state index contributed by atoms with van der Waals surface area (Å²) >= 11 is 0. The van der Waals surface area contributed by atoms with Crippen molar-refractivity contribution in [3.05, 3.63) is 24.3 Å². The predicted molar refractivity (Wildman–Crippen MR) is 73.2 cm³/mol. The molecule has 0 saturated carbocycles. The molecule has 4 atom stereocenters. The van der Waals surface area contributed by atoms with Crippen molar-refractivity contribution >= 4 is 0 Å². The number of rotatable bonds is 6. The van der Waals surface area contributed by atoms with E-state index in [4.69, 9.17) is 5.26 Å². The first-order valence-corrected chi connectivity index (χ1v) is 6.73. The fourth-order valence-corrected chi connectivity index (χ4v) is 2.46. The van der Waals surface area contributed by atoms with E-state index in [1.165, 1.54) is 0 Å². The highest BCUT2D eigenvalue weighted by Crippen LogP contribution is 2.32. The summed E-state index contributed by atoms with van der Waals surface area (Å²) in [6, 6.07) is 0. The summed E-state index contributed by atoms with van der Waals surface area (Å²) in [5, 5.41) is 18.6. The summed E-state index contributed by atoms with van der Waals surface area (Å²) < 4.78 is 0. The van der Waals surface area contributed by atoms with Crippen molar-refractivity contribution in [3.63, 3.8) is 0 Å². The third kappa shape index (κ3) is 4.56. The Labute approximate surface area is 110 Å². The molecule has 1 rings (SSSR count). The van der Waals surface area contributed by atoms with Gasteiger partial charge in [-0.05, 0) is 56.9 Å². The Kier molecular flexibility index (Phi) is 5.57. The minimum absolute atomic E-state index is 0.261. The fraction of sp³-hybridized carbons (Fsp3) is 0.733. The lowest BCUT2D eigenvalue weighted by Crippen LogP contribution is -2.28. The molecule has 0 fully saturated rings. The molecule has 3 nitrogen and oxygen atoms in total. The summed E-state index contributed by atoms with van der Waals surface area (Å²) in [5.74, 6) is 1.03. The smallest absolute Gasteiger partial charge is 0.113 e. The molecule has 0 aromatic carbocycles. The lowest BCUT2D eigenvalue weighted by molar-refractivity contribution is -0.270. The molecule has 0 unspecified atom stereocenters. The second-order valence-electron chi connectivity index (χ2n) is 5.91. The van der Waals surface area contributed by atoms with Gasteiger partial charge in [0.25, 0.3) is 0 Å². The van der Waals surface area contributed by atoms with Gasteiger partial charge >= 0.3 is 0 Å². The highest BCUT2D eigenvalue weighted by Gasteiger charge is 2.26. The van der Waals surface area contributed by atoms with Crippen LogP contribution in [0.25, 0.3) is 0 Å². The maximum Gasteiger partial charge on any atom is 0.113 e. The Morgan fingerprint density at radius 1 is 1.56 bits per heavy atom. The maximum absolute atomic E-state index is 9.85. The van der Waals surface area contributed by atoms with Gasteiger partial charge in [-0.15, -0.1) is 0 Å². The van der Waals surface area contributed by atoms with Gasteiger partial charge in [0.15, 0.2) is 0 Å². The van der Waals surface area contributed by atoms with Gasteiger partial charge in [-0.25, -0.2) is 4.89 Å². The minimum Gasteiger partial charge on any atom is -0.386 e. The van der Waals surface area contributed by atoms with Gasteiger partial charge in [-0.3, -0.25) is 5.26 Å². The van der Waals surface area contributed by atoms with Crippen LogP contribution in [-0.4, -0.2) is 22.1 Å². The lowest BCUT2D eigenvalue weighted by atomic mass is 9.78. The van der Waals surface area contributed by atoms with E-state index in [-0.39, 0.29) is 6.10 Å².